The Kier molecular flexibility index (Phi) is 5.43. The molecule has 0 fully saturated rings. The number of guanidine groups is 1. The molecule has 2 rings (SSSR count). The van der Waals surface area contributed by atoms with E-state index in [0.717, 1.165) is 5.56 Å². The Morgan fingerprint density at radius 3 is 2.59 bits per heavy atom. The summed E-state index contributed by atoms with van der Waals surface area (Å²) in [6.45, 7) is 0.930. The van der Waals surface area contributed by atoms with E-state index in [1.807, 2.05) is 24.3 Å². The average molecular weight is 321 g/mol. The van der Waals surface area contributed by atoms with Crippen LogP contribution in [0.4, 0.5) is 0 Å². The van der Waals surface area contributed by atoms with Gasteiger partial charge in [0.15, 0.2) is 11.7 Å². The van der Waals surface area contributed by atoms with Gasteiger partial charge in [0.1, 0.15) is 5.76 Å². The van der Waals surface area contributed by atoms with Crippen LogP contribution < -0.4 is 16.4 Å². The second-order valence-electron chi connectivity index (χ2n) is 4.50. The molecule has 22 heavy (non-hydrogen) atoms. The monoisotopic (exact) mass is 320 g/mol. The normalized spacial score (nSPS) is 11.3. The smallest absolute Gasteiger partial charge is 0.284 e. The highest BCUT2D eigenvalue weighted by Gasteiger charge is 2.07. The predicted molar refractivity (Wildman–Crippen MR) is 85.7 cm³/mol. The predicted octanol–water partition coefficient (Wildman–Crippen LogP) is 1.90. The Labute approximate surface area is 133 Å². The van der Waals surface area contributed by atoms with E-state index in [4.69, 9.17) is 21.8 Å². The SMILES string of the molecule is CN=C(NCc1ccc(C(N)=O)o1)NCc1ccccc1Cl. The quantitative estimate of drug-likeness (QED) is 0.579. The number of carbonyl (C=O) groups is 1. The summed E-state index contributed by atoms with van der Waals surface area (Å²) in [7, 11) is 1.67. The molecule has 0 saturated carbocycles. The highest BCUT2D eigenvalue weighted by molar-refractivity contribution is 6.31. The van der Waals surface area contributed by atoms with Crippen LogP contribution in [0.3, 0.4) is 0 Å². The van der Waals surface area contributed by atoms with E-state index in [1.165, 1.54) is 0 Å². The van der Waals surface area contributed by atoms with Crippen LogP contribution >= 0.6 is 11.6 Å². The van der Waals surface area contributed by atoms with E-state index in [0.29, 0.717) is 29.8 Å². The van der Waals surface area contributed by atoms with Gasteiger partial charge in [0.2, 0.25) is 0 Å². The summed E-state index contributed by atoms with van der Waals surface area (Å²) in [6, 6.07) is 10.8. The van der Waals surface area contributed by atoms with Crippen LogP contribution in [0.5, 0.6) is 0 Å². The number of furan rings is 1. The second kappa shape index (κ2) is 7.51. The van der Waals surface area contributed by atoms with Crippen LogP contribution in [0.2, 0.25) is 5.02 Å². The number of nitrogens with one attached hydrogen (secondary N) is 2. The zero-order valence-corrected chi connectivity index (χ0v) is 12.9. The topological polar surface area (TPSA) is 92.6 Å². The highest BCUT2D eigenvalue weighted by atomic mass is 35.5. The number of benzene rings is 1. The van der Waals surface area contributed by atoms with E-state index >= 15 is 0 Å². The summed E-state index contributed by atoms with van der Waals surface area (Å²) in [4.78, 5) is 15.1. The molecular weight excluding hydrogens is 304 g/mol. The summed E-state index contributed by atoms with van der Waals surface area (Å²) >= 11 is 6.10. The lowest BCUT2D eigenvalue weighted by molar-refractivity contribution is 0.0972. The molecule has 1 amide bonds. The molecule has 1 heterocycles. The number of primary amides is 1. The van der Waals surface area contributed by atoms with Crippen molar-refractivity contribution >= 4 is 23.5 Å². The van der Waals surface area contributed by atoms with Crippen molar-refractivity contribution in [1.82, 2.24) is 10.6 Å². The molecular formula is C15H17ClN4O2. The molecule has 0 spiro atoms. The number of halogens is 1. The van der Waals surface area contributed by atoms with Crippen LogP contribution in [-0.4, -0.2) is 18.9 Å². The third-order valence-electron chi connectivity index (χ3n) is 2.96. The Morgan fingerprint density at radius 2 is 1.95 bits per heavy atom. The van der Waals surface area contributed by atoms with Gasteiger partial charge in [0.25, 0.3) is 5.91 Å². The zero-order valence-electron chi connectivity index (χ0n) is 12.1. The molecule has 116 valence electrons. The van der Waals surface area contributed by atoms with Crippen LogP contribution in [0.15, 0.2) is 45.8 Å². The minimum Gasteiger partial charge on any atom is -0.454 e. The maximum Gasteiger partial charge on any atom is 0.284 e. The van der Waals surface area contributed by atoms with Crippen LogP contribution in [-0.2, 0) is 13.1 Å². The first kappa shape index (κ1) is 15.9. The zero-order chi connectivity index (χ0) is 15.9. The lowest BCUT2D eigenvalue weighted by atomic mass is 10.2. The van der Waals surface area contributed by atoms with Crippen molar-refractivity contribution in [1.29, 1.82) is 0 Å². The molecule has 0 aliphatic carbocycles. The molecule has 1 aromatic carbocycles. The van der Waals surface area contributed by atoms with Gasteiger partial charge in [-0.25, -0.2) is 0 Å². The molecule has 0 radical (unpaired) electrons. The molecule has 0 unspecified atom stereocenters. The summed E-state index contributed by atoms with van der Waals surface area (Å²) in [5, 5.41) is 6.92. The minimum atomic E-state index is -0.590. The Bertz CT molecular complexity index is 682. The molecule has 0 aliphatic rings. The van der Waals surface area contributed by atoms with Crippen LogP contribution in [0.25, 0.3) is 0 Å². The number of amides is 1. The van der Waals surface area contributed by atoms with Gasteiger partial charge in [-0.05, 0) is 23.8 Å². The highest BCUT2D eigenvalue weighted by Crippen LogP contribution is 2.14. The Hall–Kier alpha value is -2.47. The number of hydrogen-bond donors (Lipinski definition) is 3. The number of hydrogen-bond acceptors (Lipinski definition) is 3. The van der Waals surface area contributed by atoms with E-state index in [2.05, 4.69) is 15.6 Å². The molecule has 0 bridgehead atoms. The fraction of sp³-hybridized carbons (Fsp3) is 0.200. The van der Waals surface area contributed by atoms with E-state index in [-0.39, 0.29) is 5.76 Å². The fourth-order valence-corrected chi connectivity index (χ4v) is 2.02. The molecule has 4 N–H and O–H groups in total. The number of nitrogens with two attached hydrogens (primary N) is 1. The lowest BCUT2D eigenvalue weighted by Gasteiger charge is -2.11. The van der Waals surface area contributed by atoms with E-state index in [9.17, 15) is 4.79 Å². The average Bonchev–Trinajstić information content (AvgIpc) is 2.98. The van der Waals surface area contributed by atoms with Gasteiger partial charge in [0, 0.05) is 18.6 Å². The second-order valence-corrected chi connectivity index (χ2v) is 4.91. The number of carbonyl (C=O) groups excluding carboxylic acids is 1. The van der Waals surface area contributed by atoms with Crippen molar-refractivity contribution in [2.45, 2.75) is 13.1 Å². The van der Waals surface area contributed by atoms with Crippen LogP contribution in [0.1, 0.15) is 21.9 Å². The third-order valence-corrected chi connectivity index (χ3v) is 3.33. The molecule has 0 aliphatic heterocycles. The summed E-state index contributed by atoms with van der Waals surface area (Å²) in [5.41, 5.74) is 6.11. The van der Waals surface area contributed by atoms with E-state index in [1.54, 1.807) is 19.2 Å². The summed E-state index contributed by atoms with van der Waals surface area (Å²) < 4.78 is 5.28. The maximum atomic E-state index is 11.0. The first-order valence-electron chi connectivity index (χ1n) is 6.66. The summed E-state index contributed by atoms with van der Waals surface area (Å²) in [5.74, 6) is 0.731. The van der Waals surface area contributed by atoms with Crippen molar-refractivity contribution < 1.29 is 9.21 Å². The molecule has 0 atom stereocenters. The Morgan fingerprint density at radius 1 is 1.23 bits per heavy atom. The van der Waals surface area contributed by atoms with Crippen LogP contribution in [0, 0.1) is 0 Å². The van der Waals surface area contributed by atoms with E-state index < -0.39 is 5.91 Å². The van der Waals surface area contributed by atoms with Gasteiger partial charge in [-0.15, -0.1) is 0 Å². The molecule has 0 saturated heterocycles. The number of rotatable bonds is 5. The first-order chi connectivity index (χ1) is 10.6. The molecule has 2 aromatic rings. The molecule has 7 heteroatoms. The van der Waals surface area contributed by atoms with Crippen molar-refractivity contribution in [2.24, 2.45) is 10.7 Å². The minimum absolute atomic E-state index is 0.135. The molecule has 1 aromatic heterocycles. The van der Waals surface area contributed by atoms with Crippen molar-refractivity contribution in [3.8, 4) is 0 Å². The molecule has 6 nitrogen and oxygen atoms in total. The third kappa shape index (κ3) is 4.26. The van der Waals surface area contributed by atoms with Crippen molar-refractivity contribution in [3.05, 3.63) is 58.5 Å². The first-order valence-corrected chi connectivity index (χ1v) is 7.04. The summed E-state index contributed by atoms with van der Waals surface area (Å²) in [6.07, 6.45) is 0. The van der Waals surface area contributed by atoms with Gasteiger partial charge < -0.3 is 20.8 Å². The van der Waals surface area contributed by atoms with Crippen molar-refractivity contribution in [3.63, 3.8) is 0 Å². The number of nitrogens with zero attached hydrogens (tertiary/aromatic N) is 1. The standard InChI is InChI=1S/C15H17ClN4O2/c1-18-15(19-8-10-4-2-3-5-12(10)16)20-9-11-6-7-13(22-11)14(17)21/h2-7H,8-9H2,1H3,(H2,17,21)(H2,18,19,20). The van der Waals surface area contributed by atoms with Gasteiger partial charge in [-0.2, -0.15) is 0 Å². The number of aliphatic imine (C=N–C) groups is 1. The van der Waals surface area contributed by atoms with Gasteiger partial charge in [-0.3, -0.25) is 9.79 Å². The largest absolute Gasteiger partial charge is 0.454 e. The maximum absolute atomic E-state index is 11.0. The van der Waals surface area contributed by atoms with Gasteiger partial charge in [0.05, 0.1) is 6.54 Å². The fourth-order valence-electron chi connectivity index (χ4n) is 1.82. The van der Waals surface area contributed by atoms with Gasteiger partial charge >= 0.3 is 0 Å². The lowest BCUT2D eigenvalue weighted by Crippen LogP contribution is -2.36. The Balaban J connectivity index is 1.87. The van der Waals surface area contributed by atoms with Crippen molar-refractivity contribution in [2.75, 3.05) is 7.05 Å². The van der Waals surface area contributed by atoms with Gasteiger partial charge in [-0.1, -0.05) is 29.8 Å².